The van der Waals surface area contributed by atoms with Gasteiger partial charge in [-0.05, 0) is 62.7 Å². The molecular formula is C21H28ClF. The summed E-state index contributed by atoms with van der Waals surface area (Å²) in [6, 6.07) is 0. The van der Waals surface area contributed by atoms with Crippen LogP contribution in [0.3, 0.4) is 0 Å². The van der Waals surface area contributed by atoms with Crippen molar-refractivity contribution in [2.24, 2.45) is 28.6 Å². The van der Waals surface area contributed by atoms with Crippen LogP contribution in [-0.4, -0.2) is 12.1 Å². The Kier molecular flexibility index (Phi) is 3.80. The smallest absolute Gasteiger partial charge is 0.0897 e. The van der Waals surface area contributed by atoms with Crippen LogP contribution in [0, 0.1) is 28.6 Å². The van der Waals surface area contributed by atoms with Crippen molar-refractivity contribution >= 4 is 11.6 Å². The van der Waals surface area contributed by atoms with Crippen molar-refractivity contribution in [3.05, 3.63) is 35.5 Å². The largest absolute Gasteiger partial charge is 0.251 e. The molecule has 0 radical (unpaired) electrons. The van der Waals surface area contributed by atoms with Crippen LogP contribution in [0.4, 0.5) is 4.39 Å². The summed E-state index contributed by atoms with van der Waals surface area (Å²) in [4.78, 5) is 0. The predicted octanol–water partition coefficient (Wildman–Crippen LogP) is 6.23. The van der Waals surface area contributed by atoms with Gasteiger partial charge in [-0.2, -0.15) is 0 Å². The van der Waals surface area contributed by atoms with Gasteiger partial charge in [-0.1, -0.05) is 42.4 Å². The molecule has 0 aromatic carbocycles. The topological polar surface area (TPSA) is 0 Å². The minimum absolute atomic E-state index is 0.0911. The normalized spacial score (nSPS) is 48.2. The van der Waals surface area contributed by atoms with Crippen LogP contribution in [0.1, 0.15) is 52.4 Å². The van der Waals surface area contributed by atoms with Gasteiger partial charge >= 0.3 is 0 Å². The number of alkyl halides is 2. The van der Waals surface area contributed by atoms with Gasteiger partial charge in [-0.15, -0.1) is 11.6 Å². The summed E-state index contributed by atoms with van der Waals surface area (Å²) in [7, 11) is 0. The quantitative estimate of drug-likeness (QED) is 0.415. The zero-order valence-corrected chi connectivity index (χ0v) is 15.1. The minimum Gasteiger partial charge on any atom is -0.251 e. The molecule has 0 nitrogen and oxygen atoms in total. The Bertz CT molecular complexity index is 589. The van der Waals surface area contributed by atoms with Gasteiger partial charge in [0.15, 0.2) is 0 Å². The molecule has 0 aliphatic heterocycles. The van der Waals surface area contributed by atoms with Crippen LogP contribution in [0.5, 0.6) is 0 Å². The Morgan fingerprint density at radius 2 is 2.09 bits per heavy atom. The van der Waals surface area contributed by atoms with E-state index >= 15 is 0 Å². The standard InChI is InChI=1S/C21H28ClF/c1-20-10-4-3-5-15(20)13-18(22)19-16-7-6-14(9-12-23)21(16,2)11-8-17(19)20/h4-5,8,10,14,16,18-19H,3,6-7,9,11-13H2,1-2H3/t14-,16+,18-,19+,20+,21-/m1/s1. The Hall–Kier alpha value is -0.560. The summed E-state index contributed by atoms with van der Waals surface area (Å²) in [6.45, 7) is 4.62. The summed E-state index contributed by atoms with van der Waals surface area (Å²) in [5, 5.41) is 0.209. The lowest BCUT2D eigenvalue weighted by Crippen LogP contribution is -2.47. The summed E-state index contributed by atoms with van der Waals surface area (Å²) < 4.78 is 13.0. The zero-order valence-electron chi connectivity index (χ0n) is 14.3. The predicted molar refractivity (Wildman–Crippen MR) is 95.3 cm³/mol. The second-order valence-corrected chi connectivity index (χ2v) is 9.10. The first-order chi connectivity index (χ1) is 11.0. The molecule has 0 unspecified atom stereocenters. The first-order valence-electron chi connectivity index (χ1n) is 9.28. The van der Waals surface area contributed by atoms with E-state index in [0.717, 1.165) is 25.7 Å². The van der Waals surface area contributed by atoms with Crippen LogP contribution in [-0.2, 0) is 0 Å². The number of fused-ring (bicyclic) bond motifs is 5. The molecule has 0 saturated heterocycles. The molecule has 4 aliphatic rings. The Morgan fingerprint density at radius 3 is 2.87 bits per heavy atom. The minimum atomic E-state index is -0.175. The van der Waals surface area contributed by atoms with Gasteiger partial charge < -0.3 is 0 Å². The summed E-state index contributed by atoms with van der Waals surface area (Å²) in [5.74, 6) is 1.64. The lowest BCUT2D eigenvalue weighted by Gasteiger charge is -2.54. The maximum Gasteiger partial charge on any atom is 0.0897 e. The lowest BCUT2D eigenvalue weighted by molar-refractivity contribution is 0.0860. The third kappa shape index (κ3) is 2.15. The monoisotopic (exact) mass is 334 g/mol. The number of hydrogen-bond acceptors (Lipinski definition) is 0. The molecule has 0 amide bonds. The Balaban J connectivity index is 1.75. The van der Waals surface area contributed by atoms with Crippen LogP contribution >= 0.6 is 11.6 Å². The van der Waals surface area contributed by atoms with E-state index in [4.69, 9.17) is 11.6 Å². The maximum atomic E-state index is 13.0. The Labute approximate surface area is 144 Å². The molecule has 0 aromatic rings. The third-order valence-corrected chi connectivity index (χ3v) is 8.07. The highest BCUT2D eigenvalue weighted by molar-refractivity contribution is 6.21. The van der Waals surface area contributed by atoms with Gasteiger partial charge in [0.2, 0.25) is 0 Å². The molecule has 23 heavy (non-hydrogen) atoms. The van der Waals surface area contributed by atoms with Gasteiger partial charge in [0.05, 0.1) is 6.67 Å². The average Bonchev–Trinajstić information content (AvgIpc) is 2.85. The number of allylic oxidation sites excluding steroid dienone is 6. The number of rotatable bonds is 2. The molecular weight excluding hydrogens is 307 g/mol. The first kappa shape index (κ1) is 15.9. The van der Waals surface area contributed by atoms with E-state index in [0.29, 0.717) is 17.8 Å². The van der Waals surface area contributed by atoms with Gasteiger partial charge in [-0.25, -0.2) is 0 Å². The van der Waals surface area contributed by atoms with Crippen molar-refractivity contribution in [2.75, 3.05) is 6.67 Å². The van der Waals surface area contributed by atoms with E-state index in [2.05, 4.69) is 38.2 Å². The zero-order chi connectivity index (χ0) is 16.2. The molecule has 0 aromatic heterocycles. The first-order valence-corrected chi connectivity index (χ1v) is 9.72. The third-order valence-electron chi connectivity index (χ3n) is 7.64. The molecule has 4 rings (SSSR count). The highest BCUT2D eigenvalue weighted by Gasteiger charge is 2.57. The van der Waals surface area contributed by atoms with Crippen molar-refractivity contribution < 1.29 is 4.39 Å². The highest BCUT2D eigenvalue weighted by atomic mass is 35.5. The van der Waals surface area contributed by atoms with E-state index in [1.165, 1.54) is 18.4 Å². The van der Waals surface area contributed by atoms with Gasteiger partial charge in [-0.3, -0.25) is 4.39 Å². The van der Waals surface area contributed by atoms with E-state index in [-0.39, 0.29) is 22.9 Å². The van der Waals surface area contributed by atoms with Crippen molar-refractivity contribution in [1.29, 1.82) is 0 Å². The Morgan fingerprint density at radius 1 is 1.26 bits per heavy atom. The van der Waals surface area contributed by atoms with Crippen LogP contribution < -0.4 is 0 Å². The molecule has 0 N–H and O–H groups in total. The van der Waals surface area contributed by atoms with E-state index < -0.39 is 0 Å². The second-order valence-electron chi connectivity index (χ2n) is 8.54. The van der Waals surface area contributed by atoms with Crippen molar-refractivity contribution in [3.8, 4) is 0 Å². The fraction of sp³-hybridized carbons (Fsp3) is 0.714. The summed E-state index contributed by atoms with van der Waals surface area (Å²) >= 11 is 6.95. The SMILES string of the molecule is C[C@]12C=CCC=C1C[C@@H](Cl)[C@@H]1C2=CC[C@]2(C)[C@@H](CCF)CC[C@@H]12. The fourth-order valence-electron chi connectivity index (χ4n) is 6.29. The van der Waals surface area contributed by atoms with Crippen molar-refractivity contribution in [2.45, 2.75) is 57.7 Å². The van der Waals surface area contributed by atoms with Gasteiger partial charge in [0.25, 0.3) is 0 Å². The van der Waals surface area contributed by atoms with Crippen molar-refractivity contribution in [1.82, 2.24) is 0 Å². The highest BCUT2D eigenvalue weighted by Crippen LogP contribution is 2.65. The second kappa shape index (κ2) is 5.48. The lowest BCUT2D eigenvalue weighted by atomic mass is 9.52. The summed E-state index contributed by atoms with van der Waals surface area (Å²) in [5.41, 5.74) is 3.43. The van der Waals surface area contributed by atoms with Crippen LogP contribution in [0.2, 0.25) is 0 Å². The molecule has 126 valence electrons. The molecule has 2 heteroatoms. The van der Waals surface area contributed by atoms with Gasteiger partial charge in [0, 0.05) is 16.7 Å². The van der Waals surface area contributed by atoms with Crippen LogP contribution in [0.15, 0.2) is 35.5 Å². The van der Waals surface area contributed by atoms with E-state index in [9.17, 15) is 4.39 Å². The maximum absolute atomic E-state index is 13.0. The number of halogens is 2. The molecule has 0 bridgehead atoms. The molecule has 2 saturated carbocycles. The van der Waals surface area contributed by atoms with E-state index in [1.54, 1.807) is 5.57 Å². The molecule has 4 aliphatic carbocycles. The average molecular weight is 335 g/mol. The summed E-state index contributed by atoms with van der Waals surface area (Å²) in [6.07, 6.45) is 15.9. The van der Waals surface area contributed by atoms with Gasteiger partial charge in [0.1, 0.15) is 0 Å². The molecule has 2 fully saturated rings. The molecule has 0 heterocycles. The van der Waals surface area contributed by atoms with E-state index in [1.807, 2.05) is 0 Å². The van der Waals surface area contributed by atoms with Crippen LogP contribution in [0.25, 0.3) is 0 Å². The van der Waals surface area contributed by atoms with Crippen molar-refractivity contribution in [3.63, 3.8) is 0 Å². The number of hydrogen-bond donors (Lipinski definition) is 0. The molecule has 0 spiro atoms. The fourth-order valence-corrected chi connectivity index (χ4v) is 6.77. The molecule has 6 atom stereocenters.